The highest BCUT2D eigenvalue weighted by molar-refractivity contribution is 7.99. The fraction of sp³-hybridized carbons (Fsp3) is 0.167. The Kier molecular flexibility index (Phi) is 4.62. The molecule has 0 spiro atoms. The lowest BCUT2D eigenvalue weighted by molar-refractivity contribution is 0.402. The van der Waals surface area contributed by atoms with E-state index >= 15 is 0 Å². The maximum absolute atomic E-state index is 12.2. The zero-order valence-corrected chi connectivity index (χ0v) is 16.5. The quantitative estimate of drug-likeness (QED) is 0.229. The summed E-state index contributed by atoms with van der Waals surface area (Å²) in [5, 5.41) is 25.0. The molecule has 0 aliphatic heterocycles. The Balaban J connectivity index is 1.69. The number of benzene rings is 1. The number of nitrogens with zero attached hydrogens (tertiary/aromatic N) is 5. The van der Waals surface area contributed by atoms with Crippen molar-refractivity contribution >= 4 is 49.9 Å². The molecule has 0 saturated carbocycles. The number of rotatable bonds is 4. The number of aromatic nitrogens is 5. The molecular weight excluding hydrogens is 396 g/mol. The van der Waals surface area contributed by atoms with E-state index in [1.165, 1.54) is 22.2 Å². The summed E-state index contributed by atoms with van der Waals surface area (Å²) >= 11 is 2.49. The SMILES string of the molecule is CC(Sc1nc2c(cnn2C)c(=O)[nH]1)/C(O)=C(\C#N)c1nc2ccccc2s1. The summed E-state index contributed by atoms with van der Waals surface area (Å²) in [5.41, 5.74) is 1.04. The number of fused-ring (bicyclic) bond motifs is 2. The van der Waals surface area contributed by atoms with Crippen LogP contribution in [0.3, 0.4) is 0 Å². The van der Waals surface area contributed by atoms with Gasteiger partial charge in [-0.25, -0.2) is 9.97 Å². The predicted molar refractivity (Wildman–Crippen MR) is 109 cm³/mol. The zero-order chi connectivity index (χ0) is 19.8. The van der Waals surface area contributed by atoms with E-state index in [0.29, 0.717) is 21.2 Å². The van der Waals surface area contributed by atoms with E-state index in [1.54, 1.807) is 14.0 Å². The number of nitrogens with one attached hydrogen (secondary N) is 1. The molecule has 1 unspecified atom stereocenters. The van der Waals surface area contributed by atoms with E-state index in [1.807, 2.05) is 30.3 Å². The number of hydrogen-bond acceptors (Lipinski definition) is 8. The standard InChI is InChI=1S/C18H14N6O2S2/c1-9(27-18-22-15-11(16(26)23-18)8-20-24(15)2)14(25)10(7-19)17-21-12-5-3-4-6-13(12)28-17/h3-6,8-9,25H,1-2H3,(H,22,23,26)/b14-10-. The highest BCUT2D eigenvalue weighted by Gasteiger charge is 2.21. The average molecular weight is 410 g/mol. The lowest BCUT2D eigenvalue weighted by Crippen LogP contribution is -2.12. The number of H-pyrrole nitrogens is 1. The van der Waals surface area contributed by atoms with Gasteiger partial charge in [0, 0.05) is 7.05 Å². The molecule has 1 aromatic carbocycles. The van der Waals surface area contributed by atoms with Gasteiger partial charge >= 0.3 is 0 Å². The van der Waals surface area contributed by atoms with Crippen molar-refractivity contribution in [2.24, 2.45) is 7.05 Å². The van der Waals surface area contributed by atoms with Crippen LogP contribution in [0.4, 0.5) is 0 Å². The van der Waals surface area contributed by atoms with Gasteiger partial charge in [0.15, 0.2) is 10.8 Å². The molecule has 0 aliphatic carbocycles. The van der Waals surface area contributed by atoms with Crippen molar-refractivity contribution in [1.82, 2.24) is 24.7 Å². The van der Waals surface area contributed by atoms with Crippen LogP contribution in [-0.2, 0) is 7.05 Å². The van der Waals surface area contributed by atoms with Crippen molar-refractivity contribution in [1.29, 1.82) is 5.26 Å². The topological polar surface area (TPSA) is 120 Å². The minimum atomic E-state index is -0.518. The molecule has 0 radical (unpaired) electrons. The van der Waals surface area contributed by atoms with Crippen LogP contribution in [-0.4, -0.2) is 35.1 Å². The highest BCUT2D eigenvalue weighted by atomic mass is 32.2. The monoisotopic (exact) mass is 410 g/mol. The Bertz CT molecular complexity index is 1290. The van der Waals surface area contributed by atoms with E-state index in [2.05, 4.69) is 20.1 Å². The molecule has 4 rings (SSSR count). The van der Waals surface area contributed by atoms with Gasteiger partial charge in [-0.15, -0.1) is 11.3 Å². The number of allylic oxidation sites excluding steroid dienone is 1. The molecule has 8 nitrogen and oxygen atoms in total. The maximum Gasteiger partial charge on any atom is 0.262 e. The number of nitriles is 1. The second kappa shape index (κ2) is 7.10. The smallest absolute Gasteiger partial charge is 0.262 e. The molecule has 3 aromatic heterocycles. The molecule has 0 aliphatic rings. The first-order chi connectivity index (χ1) is 13.5. The van der Waals surface area contributed by atoms with E-state index in [4.69, 9.17) is 0 Å². The van der Waals surface area contributed by atoms with Gasteiger partial charge in [-0.1, -0.05) is 23.9 Å². The summed E-state index contributed by atoms with van der Waals surface area (Å²) in [6.07, 6.45) is 1.46. The predicted octanol–water partition coefficient (Wildman–Crippen LogP) is 3.24. The zero-order valence-electron chi connectivity index (χ0n) is 14.9. The second-order valence-electron chi connectivity index (χ2n) is 6.00. The molecule has 0 saturated heterocycles. The third kappa shape index (κ3) is 3.15. The van der Waals surface area contributed by atoms with Crippen LogP contribution in [0.1, 0.15) is 11.9 Å². The third-order valence-electron chi connectivity index (χ3n) is 4.13. The van der Waals surface area contributed by atoms with E-state index in [-0.39, 0.29) is 16.9 Å². The van der Waals surface area contributed by atoms with Gasteiger partial charge in [0.2, 0.25) is 0 Å². The first-order valence-corrected chi connectivity index (χ1v) is 9.95. The third-order valence-corrected chi connectivity index (χ3v) is 6.18. The van der Waals surface area contributed by atoms with Crippen molar-refractivity contribution in [2.75, 3.05) is 0 Å². The van der Waals surface area contributed by atoms with Crippen molar-refractivity contribution in [2.45, 2.75) is 17.3 Å². The molecular formula is C18H14N6O2S2. The van der Waals surface area contributed by atoms with Crippen molar-refractivity contribution < 1.29 is 5.11 Å². The van der Waals surface area contributed by atoms with Crippen LogP contribution in [0.25, 0.3) is 26.8 Å². The molecule has 1 atom stereocenters. The van der Waals surface area contributed by atoms with Crippen LogP contribution in [0.5, 0.6) is 0 Å². The van der Waals surface area contributed by atoms with Crippen molar-refractivity contribution in [3.05, 3.63) is 51.6 Å². The van der Waals surface area contributed by atoms with Crippen LogP contribution in [0.15, 0.2) is 46.2 Å². The molecule has 10 heteroatoms. The van der Waals surface area contributed by atoms with Gasteiger partial charge in [-0.2, -0.15) is 10.4 Å². The molecule has 0 amide bonds. The van der Waals surface area contributed by atoms with Gasteiger partial charge in [-0.05, 0) is 19.1 Å². The minimum Gasteiger partial charge on any atom is -0.510 e. The number of thioether (sulfide) groups is 1. The summed E-state index contributed by atoms with van der Waals surface area (Å²) in [4.78, 5) is 23.7. The summed E-state index contributed by atoms with van der Waals surface area (Å²) in [5.74, 6) is -0.112. The Morgan fingerprint density at radius 1 is 1.39 bits per heavy atom. The van der Waals surface area contributed by atoms with Gasteiger partial charge < -0.3 is 10.1 Å². The minimum absolute atomic E-state index is 0.112. The Morgan fingerprint density at radius 2 is 2.18 bits per heavy atom. The van der Waals surface area contributed by atoms with Gasteiger partial charge in [0.25, 0.3) is 5.56 Å². The van der Waals surface area contributed by atoms with Crippen LogP contribution in [0.2, 0.25) is 0 Å². The number of aryl methyl sites for hydroxylation is 1. The van der Waals surface area contributed by atoms with Crippen LogP contribution in [0, 0.1) is 11.3 Å². The number of aromatic amines is 1. The van der Waals surface area contributed by atoms with Crippen molar-refractivity contribution in [3.63, 3.8) is 0 Å². The first-order valence-electron chi connectivity index (χ1n) is 8.25. The van der Waals surface area contributed by atoms with Gasteiger partial charge in [0.05, 0.1) is 21.7 Å². The molecule has 2 N–H and O–H groups in total. The van der Waals surface area contributed by atoms with E-state index in [9.17, 15) is 15.2 Å². The number of hydrogen-bond donors (Lipinski definition) is 2. The van der Waals surface area contributed by atoms with E-state index < -0.39 is 5.25 Å². The number of aliphatic hydroxyl groups excluding tert-OH is 1. The molecule has 4 aromatic rings. The first kappa shape index (κ1) is 18.2. The molecule has 3 heterocycles. The molecule has 140 valence electrons. The van der Waals surface area contributed by atoms with Crippen molar-refractivity contribution in [3.8, 4) is 6.07 Å². The Labute approximate surface area is 167 Å². The van der Waals surface area contributed by atoms with Gasteiger partial charge in [0.1, 0.15) is 27.8 Å². The molecule has 0 bridgehead atoms. The summed E-state index contributed by atoms with van der Waals surface area (Å²) < 4.78 is 2.45. The van der Waals surface area contributed by atoms with Crippen LogP contribution < -0.4 is 5.56 Å². The average Bonchev–Trinajstić information content (AvgIpc) is 3.26. The lowest BCUT2D eigenvalue weighted by Gasteiger charge is -2.11. The summed E-state index contributed by atoms with van der Waals surface area (Å²) in [6, 6.07) is 9.59. The fourth-order valence-electron chi connectivity index (χ4n) is 2.69. The second-order valence-corrected chi connectivity index (χ2v) is 8.36. The normalized spacial score (nSPS) is 13.5. The van der Waals surface area contributed by atoms with Gasteiger partial charge in [-0.3, -0.25) is 9.48 Å². The van der Waals surface area contributed by atoms with Crippen LogP contribution >= 0.6 is 23.1 Å². The molecule has 28 heavy (non-hydrogen) atoms. The van der Waals surface area contributed by atoms with E-state index in [0.717, 1.165) is 22.0 Å². The highest BCUT2D eigenvalue weighted by Crippen LogP contribution is 2.32. The lowest BCUT2D eigenvalue weighted by atomic mass is 10.2. The number of aliphatic hydroxyl groups is 1. The Hall–Kier alpha value is -3.16. The largest absolute Gasteiger partial charge is 0.510 e. The Morgan fingerprint density at radius 3 is 2.93 bits per heavy atom. The summed E-state index contributed by atoms with van der Waals surface area (Å²) in [6.45, 7) is 1.73. The number of para-hydroxylation sites is 1. The maximum atomic E-state index is 12.2. The fourth-order valence-corrected chi connectivity index (χ4v) is 4.51. The number of thiazole rings is 1. The summed E-state index contributed by atoms with van der Waals surface area (Å²) in [7, 11) is 1.70. The molecule has 0 fully saturated rings.